The van der Waals surface area contributed by atoms with Gasteiger partial charge in [-0.05, 0) is 80.5 Å². The van der Waals surface area contributed by atoms with Gasteiger partial charge in [0.15, 0.2) is 0 Å². The third-order valence-corrected chi connectivity index (χ3v) is 5.32. The van der Waals surface area contributed by atoms with Gasteiger partial charge in [-0.2, -0.15) is 0 Å². The van der Waals surface area contributed by atoms with Crippen LogP contribution in [0.1, 0.15) is 74.3 Å². The second-order valence-corrected chi connectivity index (χ2v) is 12.3. The average molecular weight is 526 g/mol. The van der Waals surface area contributed by atoms with Gasteiger partial charge in [-0.3, -0.25) is 14.9 Å². The van der Waals surface area contributed by atoms with Gasteiger partial charge >= 0.3 is 18.0 Å². The summed E-state index contributed by atoms with van der Waals surface area (Å²) in [5, 5.41) is 14.8. The maximum Gasteiger partial charge on any atom is 0.412 e. The SMILES string of the molecule is CC(C)(C)OC(=O)CC(C(=O)OC(C)(C)C)C(O)(c1cc(F)ccc1NC(=O)OC(C)(C)C)C1COC1. The Kier molecular flexibility index (Phi) is 9.03. The van der Waals surface area contributed by atoms with Gasteiger partial charge in [-0.1, -0.05) is 0 Å². The van der Waals surface area contributed by atoms with Crippen LogP contribution in [0.25, 0.3) is 0 Å². The van der Waals surface area contributed by atoms with Gasteiger partial charge in [0.05, 0.1) is 25.3 Å². The lowest BCUT2D eigenvalue weighted by molar-refractivity contribution is -0.205. The van der Waals surface area contributed by atoms with Crippen LogP contribution in [0.5, 0.6) is 0 Å². The van der Waals surface area contributed by atoms with Crippen LogP contribution in [0.15, 0.2) is 18.2 Å². The van der Waals surface area contributed by atoms with E-state index in [1.165, 1.54) is 6.07 Å². The highest BCUT2D eigenvalue weighted by Gasteiger charge is 2.55. The molecule has 37 heavy (non-hydrogen) atoms. The minimum Gasteiger partial charge on any atom is -0.460 e. The van der Waals surface area contributed by atoms with Gasteiger partial charge in [0.1, 0.15) is 34.1 Å². The summed E-state index contributed by atoms with van der Waals surface area (Å²) in [7, 11) is 0. The molecule has 2 atom stereocenters. The van der Waals surface area contributed by atoms with Gasteiger partial charge < -0.3 is 24.1 Å². The maximum atomic E-state index is 14.6. The van der Waals surface area contributed by atoms with Gasteiger partial charge in [-0.15, -0.1) is 0 Å². The molecular weight excluding hydrogens is 485 g/mol. The van der Waals surface area contributed by atoms with Crippen molar-refractivity contribution in [3.05, 3.63) is 29.6 Å². The molecule has 1 amide bonds. The summed E-state index contributed by atoms with van der Waals surface area (Å²) >= 11 is 0. The molecule has 9 nitrogen and oxygen atoms in total. The van der Waals surface area contributed by atoms with E-state index >= 15 is 0 Å². The normalized spacial score (nSPS) is 17.2. The average Bonchev–Trinajstić information content (AvgIpc) is 2.61. The molecule has 1 aliphatic heterocycles. The predicted octanol–water partition coefficient (Wildman–Crippen LogP) is 4.70. The number of carbonyl (C=O) groups excluding carboxylic acids is 3. The summed E-state index contributed by atoms with van der Waals surface area (Å²) in [5.74, 6) is -4.56. The Morgan fingerprint density at radius 2 is 1.51 bits per heavy atom. The molecule has 1 fully saturated rings. The van der Waals surface area contributed by atoms with E-state index in [1.807, 2.05) is 0 Å². The summed E-state index contributed by atoms with van der Waals surface area (Å²) in [6.07, 6.45) is -1.39. The molecule has 2 N–H and O–H groups in total. The number of rotatable bonds is 7. The Hall–Kier alpha value is -2.72. The number of hydrogen-bond donors (Lipinski definition) is 2. The molecular formula is C27H40FNO8. The number of amides is 1. The number of hydrogen-bond acceptors (Lipinski definition) is 8. The first-order chi connectivity index (χ1) is 16.7. The van der Waals surface area contributed by atoms with Crippen molar-refractivity contribution in [3.8, 4) is 0 Å². The summed E-state index contributed by atoms with van der Waals surface area (Å²) in [5.41, 5.74) is -4.87. The van der Waals surface area contributed by atoms with Crippen molar-refractivity contribution >= 4 is 23.7 Å². The Morgan fingerprint density at radius 3 is 1.97 bits per heavy atom. The van der Waals surface area contributed by atoms with Crippen LogP contribution in [0.2, 0.25) is 0 Å². The zero-order valence-electron chi connectivity index (χ0n) is 23.2. The monoisotopic (exact) mass is 525 g/mol. The molecule has 1 saturated heterocycles. The number of ether oxygens (including phenoxy) is 4. The van der Waals surface area contributed by atoms with Crippen LogP contribution in [-0.4, -0.2) is 53.2 Å². The lowest BCUT2D eigenvalue weighted by Gasteiger charge is -2.46. The third-order valence-electron chi connectivity index (χ3n) is 5.32. The number of aliphatic hydroxyl groups is 1. The minimum atomic E-state index is -2.16. The number of carbonyl (C=O) groups is 3. The summed E-state index contributed by atoms with van der Waals surface area (Å²) < 4.78 is 36.2. The smallest absolute Gasteiger partial charge is 0.412 e. The van der Waals surface area contributed by atoms with Crippen LogP contribution in [0.3, 0.4) is 0 Å². The number of halogens is 1. The molecule has 0 radical (unpaired) electrons. The highest BCUT2D eigenvalue weighted by molar-refractivity contribution is 5.87. The molecule has 0 saturated carbocycles. The van der Waals surface area contributed by atoms with E-state index in [0.29, 0.717) is 0 Å². The second-order valence-electron chi connectivity index (χ2n) is 12.3. The summed E-state index contributed by atoms with van der Waals surface area (Å²) in [6.45, 7) is 15.1. The predicted molar refractivity (Wildman–Crippen MR) is 134 cm³/mol. The molecule has 0 spiro atoms. The van der Waals surface area contributed by atoms with Crippen LogP contribution in [0, 0.1) is 17.7 Å². The molecule has 0 aromatic heterocycles. The highest BCUT2D eigenvalue weighted by Crippen LogP contribution is 2.46. The Balaban J connectivity index is 2.65. The minimum absolute atomic E-state index is 0.0165. The first kappa shape index (κ1) is 30.5. The highest BCUT2D eigenvalue weighted by atomic mass is 19.1. The summed E-state index contributed by atoms with van der Waals surface area (Å²) in [4.78, 5) is 39.0. The first-order valence-corrected chi connectivity index (χ1v) is 12.3. The fraction of sp³-hybridized carbons (Fsp3) is 0.667. The fourth-order valence-electron chi connectivity index (χ4n) is 3.89. The molecule has 0 aliphatic carbocycles. The molecule has 2 unspecified atom stereocenters. The van der Waals surface area contributed by atoms with Crippen molar-refractivity contribution in [3.63, 3.8) is 0 Å². The van der Waals surface area contributed by atoms with Gasteiger partial charge in [0.2, 0.25) is 0 Å². The lowest BCUT2D eigenvalue weighted by atomic mass is 9.69. The van der Waals surface area contributed by atoms with Crippen molar-refractivity contribution in [1.29, 1.82) is 0 Å². The molecule has 10 heteroatoms. The number of benzene rings is 1. The van der Waals surface area contributed by atoms with Crippen LogP contribution in [-0.2, 0) is 34.1 Å². The van der Waals surface area contributed by atoms with Gasteiger partial charge in [0.25, 0.3) is 0 Å². The molecule has 1 heterocycles. The summed E-state index contributed by atoms with van der Waals surface area (Å²) in [6, 6.07) is 3.39. The van der Waals surface area contributed by atoms with E-state index < -0.39 is 64.5 Å². The van der Waals surface area contributed by atoms with Crippen LogP contribution in [0.4, 0.5) is 14.9 Å². The number of anilines is 1. The van der Waals surface area contributed by atoms with Crippen molar-refractivity contribution in [2.75, 3.05) is 18.5 Å². The Morgan fingerprint density at radius 1 is 0.973 bits per heavy atom. The largest absolute Gasteiger partial charge is 0.460 e. The van der Waals surface area contributed by atoms with Crippen molar-refractivity contribution in [2.45, 2.75) is 91.1 Å². The number of nitrogens with one attached hydrogen (secondary N) is 1. The van der Waals surface area contributed by atoms with Crippen LogP contribution >= 0.6 is 0 Å². The topological polar surface area (TPSA) is 120 Å². The molecule has 208 valence electrons. The molecule has 2 rings (SSSR count). The second kappa shape index (κ2) is 10.9. The first-order valence-electron chi connectivity index (χ1n) is 12.3. The van der Waals surface area contributed by atoms with Gasteiger partial charge in [0, 0.05) is 11.5 Å². The molecule has 1 aliphatic rings. The molecule has 1 aromatic carbocycles. The third kappa shape index (κ3) is 8.67. The van der Waals surface area contributed by atoms with E-state index in [4.69, 9.17) is 18.9 Å². The Bertz CT molecular complexity index is 1000. The van der Waals surface area contributed by atoms with E-state index in [0.717, 1.165) is 12.1 Å². The Labute approximate surface area is 218 Å². The van der Waals surface area contributed by atoms with E-state index in [-0.39, 0.29) is 24.5 Å². The standard InChI is InChI=1S/C27H40FNO8/c1-24(2,3)35-21(30)13-19(22(31)36-25(4,5)6)27(33,16-14-34-15-16)18-12-17(28)10-11-20(18)29-23(32)37-26(7,8)9/h10-12,16,19,33H,13-15H2,1-9H3,(H,29,32). The van der Waals surface area contributed by atoms with Crippen LogP contribution < -0.4 is 5.32 Å². The van der Waals surface area contributed by atoms with E-state index in [9.17, 15) is 23.9 Å². The van der Waals surface area contributed by atoms with E-state index in [2.05, 4.69) is 5.32 Å². The van der Waals surface area contributed by atoms with Gasteiger partial charge in [-0.25, -0.2) is 9.18 Å². The zero-order chi connectivity index (χ0) is 28.4. The number of esters is 2. The van der Waals surface area contributed by atoms with Crippen molar-refractivity contribution < 1.29 is 42.8 Å². The van der Waals surface area contributed by atoms with E-state index in [1.54, 1.807) is 62.3 Å². The maximum absolute atomic E-state index is 14.6. The van der Waals surface area contributed by atoms with Crippen molar-refractivity contribution in [2.24, 2.45) is 11.8 Å². The fourth-order valence-corrected chi connectivity index (χ4v) is 3.89. The quantitative estimate of drug-likeness (QED) is 0.388. The lowest BCUT2D eigenvalue weighted by Crippen LogP contribution is -2.55. The molecule has 0 bridgehead atoms. The zero-order valence-corrected chi connectivity index (χ0v) is 23.2. The van der Waals surface area contributed by atoms with Crippen molar-refractivity contribution in [1.82, 2.24) is 0 Å². The molecule has 1 aromatic rings.